The lowest BCUT2D eigenvalue weighted by Crippen LogP contribution is -2.51. The minimum atomic E-state index is -0.243. The SMILES string of the molecule is Cc1cccc(C(=O)N2CC[C@@H](C)C[C@H]2CNC(=O)c2cccn3nnnc23)c1C. The van der Waals surface area contributed by atoms with E-state index in [4.69, 9.17) is 0 Å². The number of hydrogen-bond acceptors (Lipinski definition) is 5. The number of hydrogen-bond donors (Lipinski definition) is 1. The van der Waals surface area contributed by atoms with Crippen molar-refractivity contribution in [3.63, 3.8) is 0 Å². The van der Waals surface area contributed by atoms with E-state index in [1.807, 2.05) is 36.9 Å². The van der Waals surface area contributed by atoms with Crippen molar-refractivity contribution in [3.05, 3.63) is 58.8 Å². The second-order valence-electron chi connectivity index (χ2n) is 8.11. The van der Waals surface area contributed by atoms with Gasteiger partial charge in [0.15, 0.2) is 5.65 Å². The summed E-state index contributed by atoms with van der Waals surface area (Å²) < 4.78 is 1.47. The summed E-state index contributed by atoms with van der Waals surface area (Å²) in [5, 5.41) is 14.4. The van der Waals surface area contributed by atoms with Gasteiger partial charge in [0.25, 0.3) is 11.8 Å². The fourth-order valence-corrected chi connectivity index (χ4v) is 4.10. The number of tetrazole rings is 1. The third-order valence-corrected chi connectivity index (χ3v) is 6.04. The molecule has 1 aromatic carbocycles. The van der Waals surface area contributed by atoms with E-state index in [-0.39, 0.29) is 17.9 Å². The average molecular weight is 406 g/mol. The molecule has 1 N–H and O–H groups in total. The first kappa shape index (κ1) is 20.0. The first-order valence-electron chi connectivity index (χ1n) is 10.3. The lowest BCUT2D eigenvalue weighted by atomic mass is 9.91. The number of carbonyl (C=O) groups excluding carboxylic acids is 2. The highest BCUT2D eigenvalue weighted by molar-refractivity contribution is 5.99. The minimum Gasteiger partial charge on any atom is -0.350 e. The molecule has 0 radical (unpaired) electrons. The van der Waals surface area contributed by atoms with E-state index < -0.39 is 0 Å². The molecule has 156 valence electrons. The maximum Gasteiger partial charge on any atom is 0.255 e. The second-order valence-corrected chi connectivity index (χ2v) is 8.11. The van der Waals surface area contributed by atoms with E-state index in [9.17, 15) is 9.59 Å². The number of fused-ring (bicyclic) bond motifs is 1. The summed E-state index contributed by atoms with van der Waals surface area (Å²) in [6.07, 6.45) is 3.51. The molecule has 0 saturated carbocycles. The van der Waals surface area contributed by atoms with E-state index >= 15 is 0 Å². The Morgan fingerprint density at radius 3 is 2.80 bits per heavy atom. The summed E-state index contributed by atoms with van der Waals surface area (Å²) in [6, 6.07) is 9.20. The van der Waals surface area contributed by atoms with Crippen LogP contribution in [0.3, 0.4) is 0 Å². The quantitative estimate of drug-likeness (QED) is 0.718. The maximum absolute atomic E-state index is 13.3. The molecule has 1 fully saturated rings. The van der Waals surface area contributed by atoms with Crippen LogP contribution < -0.4 is 5.32 Å². The number of aryl methyl sites for hydroxylation is 1. The molecule has 8 heteroatoms. The number of amides is 2. The lowest BCUT2D eigenvalue weighted by Gasteiger charge is -2.39. The lowest BCUT2D eigenvalue weighted by molar-refractivity contribution is 0.0550. The van der Waals surface area contributed by atoms with Crippen molar-refractivity contribution < 1.29 is 9.59 Å². The number of likely N-dealkylation sites (tertiary alicyclic amines) is 1. The van der Waals surface area contributed by atoms with E-state index in [1.165, 1.54) is 4.52 Å². The Kier molecular flexibility index (Phi) is 5.48. The zero-order valence-electron chi connectivity index (χ0n) is 17.5. The van der Waals surface area contributed by atoms with Crippen LogP contribution in [-0.2, 0) is 0 Å². The Morgan fingerprint density at radius 1 is 1.17 bits per heavy atom. The van der Waals surface area contributed by atoms with Crippen molar-refractivity contribution in [3.8, 4) is 0 Å². The van der Waals surface area contributed by atoms with E-state index in [2.05, 4.69) is 27.8 Å². The molecule has 8 nitrogen and oxygen atoms in total. The Labute approximate surface area is 175 Å². The first-order valence-corrected chi connectivity index (χ1v) is 10.3. The molecule has 2 amide bonds. The summed E-state index contributed by atoms with van der Waals surface area (Å²) in [6.45, 7) is 7.28. The molecule has 0 spiro atoms. The number of benzene rings is 1. The summed E-state index contributed by atoms with van der Waals surface area (Å²) in [7, 11) is 0. The molecule has 0 unspecified atom stereocenters. The van der Waals surface area contributed by atoms with E-state index in [0.29, 0.717) is 30.2 Å². The van der Waals surface area contributed by atoms with Crippen LogP contribution in [0.4, 0.5) is 0 Å². The molecule has 1 saturated heterocycles. The molecular weight excluding hydrogens is 380 g/mol. The third-order valence-electron chi connectivity index (χ3n) is 6.04. The minimum absolute atomic E-state index is 0.0334. The highest BCUT2D eigenvalue weighted by Crippen LogP contribution is 2.25. The fourth-order valence-electron chi connectivity index (χ4n) is 4.10. The number of carbonyl (C=O) groups is 2. The van der Waals surface area contributed by atoms with Crippen molar-refractivity contribution in [1.82, 2.24) is 30.3 Å². The fraction of sp³-hybridized carbons (Fsp3) is 0.409. The van der Waals surface area contributed by atoms with Gasteiger partial charge in [-0.05, 0) is 72.4 Å². The van der Waals surface area contributed by atoms with Gasteiger partial charge in [0.2, 0.25) is 0 Å². The molecule has 0 bridgehead atoms. The highest BCUT2D eigenvalue weighted by atomic mass is 16.2. The van der Waals surface area contributed by atoms with Crippen LogP contribution >= 0.6 is 0 Å². The largest absolute Gasteiger partial charge is 0.350 e. The third kappa shape index (κ3) is 3.77. The van der Waals surface area contributed by atoms with Gasteiger partial charge in [0, 0.05) is 30.9 Å². The van der Waals surface area contributed by atoms with Crippen LogP contribution in [0.5, 0.6) is 0 Å². The van der Waals surface area contributed by atoms with Gasteiger partial charge < -0.3 is 10.2 Å². The van der Waals surface area contributed by atoms with Crippen molar-refractivity contribution in [2.24, 2.45) is 5.92 Å². The Balaban J connectivity index is 1.52. The van der Waals surface area contributed by atoms with Gasteiger partial charge in [-0.15, -0.1) is 5.10 Å². The van der Waals surface area contributed by atoms with E-state index in [0.717, 1.165) is 29.5 Å². The van der Waals surface area contributed by atoms with E-state index in [1.54, 1.807) is 18.3 Å². The van der Waals surface area contributed by atoms with Gasteiger partial charge in [-0.3, -0.25) is 9.59 Å². The van der Waals surface area contributed by atoms with Crippen molar-refractivity contribution in [2.75, 3.05) is 13.1 Å². The Bertz CT molecular complexity index is 1090. The smallest absolute Gasteiger partial charge is 0.255 e. The van der Waals surface area contributed by atoms with Crippen molar-refractivity contribution >= 4 is 17.5 Å². The number of nitrogens with one attached hydrogen (secondary N) is 1. The van der Waals surface area contributed by atoms with Crippen LogP contribution in [0, 0.1) is 19.8 Å². The maximum atomic E-state index is 13.3. The molecule has 0 aliphatic carbocycles. The summed E-state index contributed by atoms with van der Waals surface area (Å²) >= 11 is 0. The van der Waals surface area contributed by atoms with Crippen LogP contribution in [0.2, 0.25) is 0 Å². The van der Waals surface area contributed by atoms with Gasteiger partial charge in [0.1, 0.15) is 0 Å². The molecule has 30 heavy (non-hydrogen) atoms. The molecule has 1 aliphatic rings. The predicted molar refractivity (Wildman–Crippen MR) is 112 cm³/mol. The zero-order chi connectivity index (χ0) is 21.3. The normalized spacial score (nSPS) is 19.1. The Hall–Kier alpha value is -3.29. The summed E-state index contributed by atoms with van der Waals surface area (Å²) in [5.41, 5.74) is 3.68. The monoisotopic (exact) mass is 406 g/mol. The first-order chi connectivity index (χ1) is 14.5. The molecule has 3 aromatic rings. The van der Waals surface area contributed by atoms with Gasteiger partial charge in [-0.2, -0.15) is 4.52 Å². The van der Waals surface area contributed by atoms with Gasteiger partial charge in [-0.1, -0.05) is 19.1 Å². The standard InChI is InChI=1S/C22H26N6O2/c1-14-9-11-27(22(30)18-7-4-6-15(2)16(18)3)17(12-14)13-23-21(29)19-8-5-10-28-20(19)24-25-26-28/h4-8,10,14,17H,9,11-13H2,1-3H3,(H,23,29)/t14-,17+/m1/s1. The summed E-state index contributed by atoms with van der Waals surface area (Å²) in [4.78, 5) is 28.0. The molecule has 2 atom stereocenters. The number of pyridine rings is 1. The predicted octanol–water partition coefficient (Wildman–Crippen LogP) is 2.41. The molecular formula is C22H26N6O2. The molecule has 1 aliphatic heterocycles. The molecule has 2 aromatic heterocycles. The highest BCUT2D eigenvalue weighted by Gasteiger charge is 2.31. The van der Waals surface area contributed by atoms with Crippen LogP contribution in [0.25, 0.3) is 5.65 Å². The average Bonchev–Trinajstić information content (AvgIpc) is 3.22. The van der Waals surface area contributed by atoms with Crippen molar-refractivity contribution in [1.29, 1.82) is 0 Å². The van der Waals surface area contributed by atoms with Gasteiger partial charge in [0.05, 0.1) is 5.56 Å². The molecule has 3 heterocycles. The van der Waals surface area contributed by atoms with Gasteiger partial charge >= 0.3 is 0 Å². The number of rotatable bonds is 4. The van der Waals surface area contributed by atoms with Crippen LogP contribution in [-0.4, -0.2) is 55.9 Å². The zero-order valence-corrected chi connectivity index (χ0v) is 17.5. The van der Waals surface area contributed by atoms with Crippen molar-refractivity contribution in [2.45, 2.75) is 39.7 Å². The van der Waals surface area contributed by atoms with Gasteiger partial charge in [-0.25, -0.2) is 0 Å². The van der Waals surface area contributed by atoms with Crippen LogP contribution in [0.15, 0.2) is 36.5 Å². The molecule has 4 rings (SSSR count). The topological polar surface area (TPSA) is 92.5 Å². The second kappa shape index (κ2) is 8.22. The van der Waals surface area contributed by atoms with Crippen LogP contribution in [0.1, 0.15) is 51.6 Å². The summed E-state index contributed by atoms with van der Waals surface area (Å²) in [5.74, 6) is 0.289. The number of nitrogens with zero attached hydrogens (tertiary/aromatic N) is 5. The number of piperidine rings is 1. The number of aromatic nitrogens is 4. The Morgan fingerprint density at radius 2 is 1.97 bits per heavy atom.